The van der Waals surface area contributed by atoms with Gasteiger partial charge < -0.3 is 20.4 Å². The predicted octanol–water partition coefficient (Wildman–Crippen LogP) is 4.00. The normalized spacial score (nSPS) is 13.1. The first-order valence-electron chi connectivity index (χ1n) is 10.6. The van der Waals surface area contributed by atoms with Crippen LogP contribution in [0, 0.1) is 12.8 Å². The molecule has 0 amide bonds. The third-order valence-electron chi connectivity index (χ3n) is 5.40. The fourth-order valence-electron chi connectivity index (χ4n) is 3.63. The van der Waals surface area contributed by atoms with Crippen molar-refractivity contribution < 1.29 is 9.53 Å². The maximum absolute atomic E-state index is 13.0. The molecule has 3 aromatic heterocycles. The van der Waals surface area contributed by atoms with Gasteiger partial charge in [-0.25, -0.2) is 15.0 Å². The van der Waals surface area contributed by atoms with Crippen molar-refractivity contribution in [1.29, 1.82) is 0 Å². The lowest BCUT2D eigenvalue weighted by Crippen LogP contribution is -2.09. The predicted molar refractivity (Wildman–Crippen MR) is 124 cm³/mol. The topological polar surface area (TPSA) is 123 Å². The molecule has 1 aromatic carbocycles. The molecule has 4 aromatic rings. The zero-order chi connectivity index (χ0) is 22.9. The lowest BCUT2D eigenvalue weighted by Gasteiger charge is -2.17. The van der Waals surface area contributed by atoms with Crippen LogP contribution >= 0.6 is 0 Å². The number of pyridine rings is 1. The van der Waals surface area contributed by atoms with Crippen LogP contribution in [0.3, 0.4) is 0 Å². The zero-order valence-electron chi connectivity index (χ0n) is 18.6. The number of para-hydroxylation sites is 1. The molecule has 0 radical (unpaired) electrons. The van der Waals surface area contributed by atoms with Gasteiger partial charge in [0.1, 0.15) is 12.1 Å². The van der Waals surface area contributed by atoms with Gasteiger partial charge in [-0.3, -0.25) is 9.48 Å². The van der Waals surface area contributed by atoms with Crippen LogP contribution in [0.15, 0.2) is 43.0 Å². The summed E-state index contributed by atoms with van der Waals surface area (Å²) >= 11 is 0. The number of aryl methyl sites for hydroxylation is 2. The molecule has 33 heavy (non-hydrogen) atoms. The van der Waals surface area contributed by atoms with Gasteiger partial charge in [0.05, 0.1) is 29.6 Å². The second kappa shape index (κ2) is 8.38. The molecule has 10 heteroatoms. The summed E-state index contributed by atoms with van der Waals surface area (Å²) in [5.41, 5.74) is 3.55. The summed E-state index contributed by atoms with van der Waals surface area (Å²) in [5.74, 6) is 2.42. The van der Waals surface area contributed by atoms with Gasteiger partial charge in [0.25, 0.3) is 0 Å². The van der Waals surface area contributed by atoms with Gasteiger partial charge in [-0.2, -0.15) is 5.10 Å². The number of hydrogen-bond acceptors (Lipinski definition) is 8. The Hall–Kier alpha value is -4.21. The third kappa shape index (κ3) is 4.27. The van der Waals surface area contributed by atoms with Crippen molar-refractivity contribution in [2.75, 3.05) is 17.7 Å². The summed E-state index contributed by atoms with van der Waals surface area (Å²) in [6.45, 7) is 1.92. The highest BCUT2D eigenvalue weighted by atomic mass is 16.5. The van der Waals surface area contributed by atoms with Gasteiger partial charge in [-0.1, -0.05) is 6.07 Å². The van der Waals surface area contributed by atoms with Crippen molar-refractivity contribution in [1.82, 2.24) is 29.7 Å². The van der Waals surface area contributed by atoms with E-state index in [2.05, 4.69) is 35.7 Å². The molecule has 0 bridgehead atoms. The lowest BCUT2D eigenvalue weighted by molar-refractivity contribution is 0.0968. The van der Waals surface area contributed by atoms with Crippen LogP contribution in [-0.4, -0.2) is 42.6 Å². The van der Waals surface area contributed by atoms with Gasteiger partial charge in [0.2, 0.25) is 5.95 Å². The molecule has 3 heterocycles. The van der Waals surface area contributed by atoms with E-state index in [1.165, 1.54) is 0 Å². The van der Waals surface area contributed by atoms with Crippen LogP contribution in [0.4, 0.5) is 23.1 Å². The number of ketones is 1. The van der Waals surface area contributed by atoms with Crippen molar-refractivity contribution in [2.24, 2.45) is 13.0 Å². The van der Waals surface area contributed by atoms with E-state index < -0.39 is 0 Å². The molecule has 0 atom stereocenters. The number of benzene rings is 1. The summed E-state index contributed by atoms with van der Waals surface area (Å²) in [6, 6.07) is 7.48. The minimum Gasteiger partial charge on any atom is -0.494 e. The number of nitrogens with one attached hydrogen (secondary N) is 3. The Morgan fingerprint density at radius 1 is 1.15 bits per heavy atom. The van der Waals surface area contributed by atoms with Crippen molar-refractivity contribution in [3.63, 3.8) is 0 Å². The molecule has 0 saturated heterocycles. The molecule has 1 aliphatic carbocycles. The lowest BCUT2D eigenvalue weighted by atomic mass is 10.1. The fraction of sp³-hybridized carbons (Fsp3) is 0.261. The number of carbonyl (C=O) groups excluding carboxylic acids is 1. The van der Waals surface area contributed by atoms with E-state index in [0.29, 0.717) is 40.3 Å². The molecule has 3 N–H and O–H groups in total. The number of carbonyl (C=O) groups is 1. The largest absolute Gasteiger partial charge is 0.494 e. The second-order valence-corrected chi connectivity index (χ2v) is 8.05. The Morgan fingerprint density at radius 3 is 2.67 bits per heavy atom. The summed E-state index contributed by atoms with van der Waals surface area (Å²) < 4.78 is 7.36. The van der Waals surface area contributed by atoms with E-state index in [9.17, 15) is 4.79 Å². The van der Waals surface area contributed by atoms with Crippen molar-refractivity contribution in [3.8, 4) is 17.1 Å². The van der Waals surface area contributed by atoms with Crippen LogP contribution < -0.4 is 15.4 Å². The molecular formula is C23H24N8O2. The Balaban J connectivity index is 1.53. The maximum atomic E-state index is 13.0. The van der Waals surface area contributed by atoms with Crippen LogP contribution in [-0.2, 0) is 7.05 Å². The Morgan fingerprint density at radius 2 is 2.00 bits per heavy atom. The maximum Gasteiger partial charge on any atom is 0.205 e. The number of anilines is 4. The highest BCUT2D eigenvalue weighted by Gasteiger charge is 2.32. The van der Waals surface area contributed by atoms with Crippen molar-refractivity contribution in [2.45, 2.75) is 19.8 Å². The van der Waals surface area contributed by atoms with E-state index in [-0.39, 0.29) is 11.7 Å². The fourth-order valence-corrected chi connectivity index (χ4v) is 3.63. The average molecular weight is 444 g/mol. The number of aromatic nitrogens is 6. The number of methoxy groups -OCH3 is 1. The zero-order valence-corrected chi connectivity index (χ0v) is 18.6. The summed E-state index contributed by atoms with van der Waals surface area (Å²) in [4.78, 5) is 29.1. The van der Waals surface area contributed by atoms with Crippen LogP contribution in [0.5, 0.6) is 5.75 Å². The van der Waals surface area contributed by atoms with Crippen LogP contribution in [0.1, 0.15) is 28.9 Å². The number of ether oxygens (including phenoxy) is 1. The van der Waals surface area contributed by atoms with Gasteiger partial charge in [0, 0.05) is 37.1 Å². The van der Waals surface area contributed by atoms with Crippen LogP contribution in [0.25, 0.3) is 11.4 Å². The van der Waals surface area contributed by atoms with Gasteiger partial charge in [-0.15, -0.1) is 0 Å². The molecule has 168 valence electrons. The smallest absolute Gasteiger partial charge is 0.205 e. The highest BCUT2D eigenvalue weighted by Crippen LogP contribution is 2.39. The van der Waals surface area contributed by atoms with Gasteiger partial charge >= 0.3 is 0 Å². The number of aromatic amines is 1. The van der Waals surface area contributed by atoms with Crippen molar-refractivity contribution in [3.05, 3.63) is 54.2 Å². The van der Waals surface area contributed by atoms with Gasteiger partial charge in [-0.05, 0) is 31.9 Å². The average Bonchev–Trinajstić information content (AvgIpc) is 3.45. The molecule has 0 aliphatic heterocycles. The summed E-state index contributed by atoms with van der Waals surface area (Å²) in [7, 11) is 3.41. The number of rotatable bonds is 8. The minimum absolute atomic E-state index is 0.0600. The second-order valence-electron chi connectivity index (χ2n) is 8.05. The standard InChI is InChI=1S/C23H24N8O2/c1-13-10-25-23(27-13)29-19-9-18(16(11-24-19)20(32)14-7-8-14)28-17-6-4-5-15(21(17)33-3)22-26-12-31(2)30-22/h4-6,9-12,14H,7-8H2,1-3H3,(H3,24,25,27,28,29). The quantitative estimate of drug-likeness (QED) is 0.349. The molecule has 1 saturated carbocycles. The van der Waals surface area contributed by atoms with Crippen molar-refractivity contribution >= 4 is 28.9 Å². The molecule has 1 fully saturated rings. The van der Waals surface area contributed by atoms with E-state index in [0.717, 1.165) is 24.1 Å². The third-order valence-corrected chi connectivity index (χ3v) is 5.40. The first kappa shape index (κ1) is 20.7. The van der Waals surface area contributed by atoms with E-state index >= 15 is 0 Å². The Bertz CT molecular complexity index is 1320. The molecule has 0 spiro atoms. The molecule has 10 nitrogen and oxygen atoms in total. The first-order valence-corrected chi connectivity index (χ1v) is 10.6. The number of Topliss-reactive ketones (excluding diaryl/α,β-unsaturated/α-hetero) is 1. The molecule has 1 aliphatic rings. The molecular weight excluding hydrogens is 420 g/mol. The number of H-pyrrole nitrogens is 1. The Kier molecular flexibility index (Phi) is 5.25. The molecule has 5 rings (SSSR count). The monoisotopic (exact) mass is 444 g/mol. The van der Waals surface area contributed by atoms with E-state index in [1.807, 2.05) is 32.2 Å². The minimum atomic E-state index is 0.0600. The number of hydrogen-bond donors (Lipinski definition) is 3. The number of nitrogens with zero attached hydrogens (tertiary/aromatic N) is 5. The van der Waals surface area contributed by atoms with Gasteiger partial charge in [0.15, 0.2) is 17.4 Å². The number of imidazole rings is 1. The summed E-state index contributed by atoms with van der Waals surface area (Å²) in [5, 5.41) is 10.9. The van der Waals surface area contributed by atoms with Crippen LogP contribution in [0.2, 0.25) is 0 Å². The summed E-state index contributed by atoms with van der Waals surface area (Å²) in [6.07, 6.45) is 6.80. The first-order chi connectivity index (χ1) is 16.0. The van der Waals surface area contributed by atoms with E-state index in [1.54, 1.807) is 36.6 Å². The highest BCUT2D eigenvalue weighted by molar-refractivity contribution is 6.04. The Labute approximate surface area is 190 Å². The molecule has 0 unspecified atom stereocenters. The SMILES string of the molecule is COc1c(Nc2cc(Nc3ncc(C)[nH]3)ncc2C(=O)C2CC2)cccc1-c1ncn(C)n1. The van der Waals surface area contributed by atoms with E-state index in [4.69, 9.17) is 4.74 Å².